The highest BCUT2D eigenvalue weighted by Gasteiger charge is 2.51. The fourth-order valence-electron chi connectivity index (χ4n) is 3.60. The number of ether oxygens (including phenoxy) is 2. The molecular weight excluding hydrogens is 440 g/mol. The summed E-state index contributed by atoms with van der Waals surface area (Å²) in [5.41, 5.74) is 0.848. The lowest BCUT2D eigenvalue weighted by atomic mass is 9.86. The van der Waals surface area contributed by atoms with Gasteiger partial charge in [-0.25, -0.2) is 9.18 Å². The number of hydrogen-bond acceptors (Lipinski definition) is 4. The van der Waals surface area contributed by atoms with Crippen LogP contribution >= 0.6 is 0 Å². The van der Waals surface area contributed by atoms with Crippen molar-refractivity contribution in [3.63, 3.8) is 0 Å². The molecule has 4 rings (SSSR count). The van der Waals surface area contributed by atoms with Crippen LogP contribution < -0.4 is 10.1 Å². The van der Waals surface area contributed by atoms with Crippen molar-refractivity contribution in [2.45, 2.75) is 5.85 Å². The second-order valence-corrected chi connectivity index (χ2v) is 7.57. The summed E-state index contributed by atoms with van der Waals surface area (Å²) < 4.78 is 42.0. The lowest BCUT2D eigenvalue weighted by Gasteiger charge is -2.32. The molecule has 1 aliphatic rings. The van der Waals surface area contributed by atoms with Gasteiger partial charge in [-0.1, -0.05) is 48.5 Å². The standard InChI is InChI=1S/C27H21F2NO4/c1-33-21-14-12-20(13-15-21)30-25(31)23-24(28)22(18-8-4-2-5-9-18)16-17-27(23,29)34-26(32)19-10-6-3-7-11-19/h2-17,23H,1H3,(H,30,31). The van der Waals surface area contributed by atoms with Crippen LogP contribution in [0.15, 0.2) is 103 Å². The van der Waals surface area contributed by atoms with E-state index in [1.54, 1.807) is 60.7 Å². The van der Waals surface area contributed by atoms with Crippen molar-refractivity contribution in [1.29, 1.82) is 0 Å². The van der Waals surface area contributed by atoms with E-state index >= 15 is 8.78 Å². The monoisotopic (exact) mass is 461 g/mol. The Morgan fingerprint density at radius 1 is 0.912 bits per heavy atom. The summed E-state index contributed by atoms with van der Waals surface area (Å²) in [4.78, 5) is 25.8. The Morgan fingerprint density at radius 3 is 2.15 bits per heavy atom. The highest BCUT2D eigenvalue weighted by molar-refractivity contribution is 5.98. The second kappa shape index (κ2) is 9.70. The maximum absolute atomic E-state index is 16.1. The first-order valence-electron chi connectivity index (χ1n) is 10.5. The van der Waals surface area contributed by atoms with Crippen LogP contribution in [-0.2, 0) is 9.53 Å². The van der Waals surface area contributed by atoms with Crippen molar-refractivity contribution >= 4 is 23.1 Å². The SMILES string of the molecule is COc1ccc(NC(=O)C2C(F)=C(c3ccccc3)C=CC2(F)OC(=O)c2ccccc2)cc1. The number of nitrogens with one attached hydrogen (secondary N) is 1. The summed E-state index contributed by atoms with van der Waals surface area (Å²) in [6, 6.07) is 22.4. The number of allylic oxidation sites excluding steroid dienone is 2. The first-order chi connectivity index (χ1) is 16.4. The summed E-state index contributed by atoms with van der Waals surface area (Å²) >= 11 is 0. The van der Waals surface area contributed by atoms with Crippen LogP contribution in [-0.4, -0.2) is 24.8 Å². The van der Waals surface area contributed by atoms with E-state index in [0.29, 0.717) is 17.0 Å². The van der Waals surface area contributed by atoms with Gasteiger partial charge in [0.25, 0.3) is 5.85 Å². The van der Waals surface area contributed by atoms with E-state index in [0.717, 1.165) is 6.08 Å². The van der Waals surface area contributed by atoms with Crippen molar-refractivity contribution < 1.29 is 27.8 Å². The van der Waals surface area contributed by atoms with Crippen molar-refractivity contribution in [3.05, 3.63) is 114 Å². The summed E-state index contributed by atoms with van der Waals surface area (Å²) in [6.07, 6.45) is 2.08. The number of alkyl halides is 1. The van der Waals surface area contributed by atoms with E-state index in [-0.39, 0.29) is 11.1 Å². The molecular formula is C27H21F2NO4. The number of methoxy groups -OCH3 is 1. The Labute approximate surface area is 195 Å². The fraction of sp³-hybridized carbons (Fsp3) is 0.111. The van der Waals surface area contributed by atoms with Gasteiger partial charge in [0, 0.05) is 11.3 Å². The Morgan fingerprint density at radius 2 is 1.53 bits per heavy atom. The summed E-state index contributed by atoms with van der Waals surface area (Å²) in [7, 11) is 1.49. The average Bonchev–Trinajstić information content (AvgIpc) is 2.85. The molecule has 0 aliphatic heterocycles. The number of hydrogen-bond donors (Lipinski definition) is 1. The maximum Gasteiger partial charge on any atom is 0.341 e. The zero-order valence-corrected chi connectivity index (χ0v) is 18.2. The molecule has 34 heavy (non-hydrogen) atoms. The first kappa shape index (κ1) is 22.9. The number of halogens is 2. The third kappa shape index (κ3) is 4.73. The Balaban J connectivity index is 1.69. The van der Waals surface area contributed by atoms with Gasteiger partial charge in [-0.2, -0.15) is 4.39 Å². The van der Waals surface area contributed by atoms with E-state index in [9.17, 15) is 9.59 Å². The third-order valence-electron chi connectivity index (χ3n) is 5.34. The van der Waals surface area contributed by atoms with Gasteiger partial charge < -0.3 is 14.8 Å². The molecule has 3 aromatic carbocycles. The second-order valence-electron chi connectivity index (χ2n) is 7.57. The zero-order valence-electron chi connectivity index (χ0n) is 18.2. The van der Waals surface area contributed by atoms with Gasteiger partial charge in [-0.3, -0.25) is 4.79 Å². The molecule has 7 heteroatoms. The highest BCUT2D eigenvalue weighted by Crippen LogP contribution is 2.42. The molecule has 5 nitrogen and oxygen atoms in total. The number of carbonyl (C=O) groups is 2. The minimum Gasteiger partial charge on any atom is -0.497 e. The Hall–Kier alpha value is -4.26. The van der Waals surface area contributed by atoms with Gasteiger partial charge in [-0.05, 0) is 54.1 Å². The van der Waals surface area contributed by atoms with Crippen LogP contribution in [0.25, 0.3) is 5.57 Å². The van der Waals surface area contributed by atoms with E-state index in [1.807, 2.05) is 0 Å². The summed E-state index contributed by atoms with van der Waals surface area (Å²) in [5, 5.41) is 2.50. The van der Waals surface area contributed by atoms with Gasteiger partial charge in [0.1, 0.15) is 11.6 Å². The minimum absolute atomic E-state index is 0.0273. The molecule has 0 heterocycles. The molecule has 2 atom stereocenters. The molecule has 0 bridgehead atoms. The first-order valence-corrected chi connectivity index (χ1v) is 10.5. The maximum atomic E-state index is 16.1. The molecule has 0 aromatic heterocycles. The molecule has 0 fully saturated rings. The predicted octanol–water partition coefficient (Wildman–Crippen LogP) is 5.72. The quantitative estimate of drug-likeness (QED) is 0.477. The molecule has 0 saturated heterocycles. The van der Waals surface area contributed by atoms with Gasteiger partial charge >= 0.3 is 5.97 Å². The fourth-order valence-corrected chi connectivity index (χ4v) is 3.60. The summed E-state index contributed by atoms with van der Waals surface area (Å²) in [5.74, 6) is -7.65. The zero-order chi connectivity index (χ0) is 24.1. The lowest BCUT2D eigenvalue weighted by Crippen LogP contribution is -2.45. The number of esters is 1. The normalized spacial score (nSPS) is 19.4. The number of carbonyl (C=O) groups excluding carboxylic acids is 2. The smallest absolute Gasteiger partial charge is 0.341 e. The van der Waals surface area contributed by atoms with Crippen molar-refractivity contribution in [1.82, 2.24) is 0 Å². The number of rotatable bonds is 6. The lowest BCUT2D eigenvalue weighted by molar-refractivity contribution is -0.139. The molecule has 0 spiro atoms. The molecule has 1 N–H and O–H groups in total. The molecule has 1 aliphatic carbocycles. The van der Waals surface area contributed by atoms with Crippen LogP contribution in [0.5, 0.6) is 5.75 Å². The van der Waals surface area contributed by atoms with Crippen LogP contribution in [0, 0.1) is 5.92 Å². The topological polar surface area (TPSA) is 64.6 Å². The van der Waals surface area contributed by atoms with Crippen LogP contribution in [0.3, 0.4) is 0 Å². The Kier molecular flexibility index (Phi) is 6.54. The van der Waals surface area contributed by atoms with Crippen molar-refractivity contribution in [2.24, 2.45) is 5.92 Å². The van der Waals surface area contributed by atoms with E-state index in [2.05, 4.69) is 5.32 Å². The Bertz CT molecular complexity index is 1240. The van der Waals surface area contributed by atoms with Crippen LogP contribution in [0.1, 0.15) is 15.9 Å². The van der Waals surface area contributed by atoms with Crippen LogP contribution in [0.2, 0.25) is 0 Å². The molecule has 172 valence electrons. The van der Waals surface area contributed by atoms with E-state index < -0.39 is 29.5 Å². The van der Waals surface area contributed by atoms with E-state index in [1.165, 1.54) is 37.5 Å². The van der Waals surface area contributed by atoms with Gasteiger partial charge in [0.05, 0.1) is 12.7 Å². The molecule has 0 radical (unpaired) electrons. The molecule has 3 aromatic rings. The average molecular weight is 461 g/mol. The van der Waals surface area contributed by atoms with Gasteiger partial charge in [-0.15, -0.1) is 0 Å². The minimum atomic E-state index is -3.05. The van der Waals surface area contributed by atoms with E-state index in [4.69, 9.17) is 9.47 Å². The largest absolute Gasteiger partial charge is 0.497 e. The number of amides is 1. The molecule has 2 unspecified atom stereocenters. The van der Waals surface area contributed by atoms with Gasteiger partial charge in [0.2, 0.25) is 5.91 Å². The van der Waals surface area contributed by atoms with Crippen molar-refractivity contribution in [2.75, 3.05) is 12.4 Å². The van der Waals surface area contributed by atoms with Crippen molar-refractivity contribution in [3.8, 4) is 5.75 Å². The highest BCUT2D eigenvalue weighted by atomic mass is 19.2. The van der Waals surface area contributed by atoms with Gasteiger partial charge in [0.15, 0.2) is 5.92 Å². The predicted molar refractivity (Wildman–Crippen MR) is 124 cm³/mol. The summed E-state index contributed by atoms with van der Waals surface area (Å²) in [6.45, 7) is 0. The number of benzene rings is 3. The molecule has 0 saturated carbocycles. The number of anilines is 1. The molecule has 1 amide bonds. The van der Waals surface area contributed by atoms with Crippen LogP contribution in [0.4, 0.5) is 14.5 Å². The third-order valence-corrected chi connectivity index (χ3v) is 5.34.